The number of rotatable bonds is 4. The lowest BCUT2D eigenvalue weighted by Crippen LogP contribution is -2.43. The maximum Gasteiger partial charge on any atom is 0.237 e. The van der Waals surface area contributed by atoms with Crippen molar-refractivity contribution in [1.82, 2.24) is 0 Å². The highest BCUT2D eigenvalue weighted by molar-refractivity contribution is 7.80. The Kier molecular flexibility index (Phi) is 4.17. The second-order valence-corrected chi connectivity index (χ2v) is 4.45. The first-order chi connectivity index (χ1) is 7.90. The van der Waals surface area contributed by atoms with Crippen molar-refractivity contribution in [2.45, 2.75) is 20.3 Å². The van der Waals surface area contributed by atoms with E-state index in [4.69, 9.17) is 18.0 Å². The Labute approximate surface area is 105 Å². The molecule has 1 aromatic rings. The van der Waals surface area contributed by atoms with E-state index >= 15 is 0 Å². The summed E-state index contributed by atoms with van der Waals surface area (Å²) in [6.45, 7) is 3.49. The molecule has 17 heavy (non-hydrogen) atoms. The van der Waals surface area contributed by atoms with Gasteiger partial charge in [0.15, 0.2) is 0 Å². The first-order valence-electron chi connectivity index (χ1n) is 5.27. The molecule has 1 atom stereocenters. The van der Waals surface area contributed by atoms with E-state index in [0.29, 0.717) is 12.1 Å². The van der Waals surface area contributed by atoms with Crippen molar-refractivity contribution in [2.24, 2.45) is 11.1 Å². The third kappa shape index (κ3) is 3.00. The Morgan fingerprint density at radius 3 is 2.71 bits per heavy atom. The standard InChI is InChI=1S/C12H15FN2OS/c1-3-12(2,10(14)17)11(16)15-9-6-4-5-8(13)7-9/h4-7H,3H2,1-2H3,(H2,14,17)(H,15,16). The molecule has 5 heteroatoms. The molecule has 1 rings (SSSR count). The van der Waals surface area contributed by atoms with Crippen LogP contribution in [0.3, 0.4) is 0 Å². The Hall–Kier alpha value is -1.49. The number of hydrogen-bond acceptors (Lipinski definition) is 2. The fraction of sp³-hybridized carbons (Fsp3) is 0.333. The van der Waals surface area contributed by atoms with Gasteiger partial charge in [-0.15, -0.1) is 0 Å². The number of carbonyl (C=O) groups is 1. The van der Waals surface area contributed by atoms with E-state index in [1.165, 1.54) is 18.2 Å². The van der Waals surface area contributed by atoms with Crippen LogP contribution in [0.5, 0.6) is 0 Å². The van der Waals surface area contributed by atoms with Crippen molar-refractivity contribution in [2.75, 3.05) is 5.32 Å². The highest BCUT2D eigenvalue weighted by atomic mass is 32.1. The minimum atomic E-state index is -0.915. The largest absolute Gasteiger partial charge is 0.392 e. The second kappa shape index (κ2) is 5.23. The zero-order valence-electron chi connectivity index (χ0n) is 9.79. The van der Waals surface area contributed by atoms with Crippen LogP contribution in [0.15, 0.2) is 24.3 Å². The van der Waals surface area contributed by atoms with E-state index < -0.39 is 11.2 Å². The van der Waals surface area contributed by atoms with Crippen molar-refractivity contribution in [1.29, 1.82) is 0 Å². The molecule has 0 aliphatic rings. The van der Waals surface area contributed by atoms with Crippen LogP contribution in [0.1, 0.15) is 20.3 Å². The summed E-state index contributed by atoms with van der Waals surface area (Å²) in [5.74, 6) is -0.727. The predicted molar refractivity (Wildman–Crippen MR) is 70.2 cm³/mol. The maximum atomic E-state index is 13.0. The molecule has 92 valence electrons. The summed E-state index contributed by atoms with van der Waals surface area (Å²) in [6.07, 6.45) is 0.490. The summed E-state index contributed by atoms with van der Waals surface area (Å²) in [4.78, 5) is 12.2. The third-order valence-corrected chi connectivity index (χ3v) is 3.29. The average Bonchev–Trinajstić information content (AvgIpc) is 2.27. The molecule has 3 N–H and O–H groups in total. The smallest absolute Gasteiger partial charge is 0.237 e. The van der Waals surface area contributed by atoms with Crippen LogP contribution < -0.4 is 11.1 Å². The normalized spacial score (nSPS) is 13.8. The minimum Gasteiger partial charge on any atom is -0.392 e. The Morgan fingerprint density at radius 2 is 2.24 bits per heavy atom. The van der Waals surface area contributed by atoms with Gasteiger partial charge < -0.3 is 11.1 Å². The molecular formula is C12H15FN2OS. The maximum absolute atomic E-state index is 13.0. The zero-order chi connectivity index (χ0) is 13.1. The van der Waals surface area contributed by atoms with Gasteiger partial charge in [0.1, 0.15) is 5.82 Å². The SMILES string of the molecule is CCC(C)(C(=O)Nc1cccc(F)c1)C(N)=S. The number of halogens is 1. The molecule has 0 spiro atoms. The van der Waals surface area contributed by atoms with Crippen molar-refractivity contribution >= 4 is 28.8 Å². The molecule has 0 bridgehead atoms. The monoisotopic (exact) mass is 254 g/mol. The number of nitrogens with two attached hydrogens (primary N) is 1. The van der Waals surface area contributed by atoms with Gasteiger partial charge in [-0.05, 0) is 31.5 Å². The molecule has 3 nitrogen and oxygen atoms in total. The number of hydrogen-bond donors (Lipinski definition) is 2. The summed E-state index contributed by atoms with van der Waals surface area (Å²) in [6, 6.07) is 5.68. The predicted octanol–water partition coefficient (Wildman–Crippen LogP) is 2.47. The van der Waals surface area contributed by atoms with Gasteiger partial charge in [0.2, 0.25) is 5.91 Å². The molecular weight excluding hydrogens is 239 g/mol. The van der Waals surface area contributed by atoms with E-state index in [2.05, 4.69) is 5.32 Å². The molecule has 0 radical (unpaired) electrons. The molecule has 0 fully saturated rings. The zero-order valence-corrected chi connectivity index (χ0v) is 10.6. The van der Waals surface area contributed by atoms with E-state index in [9.17, 15) is 9.18 Å². The number of anilines is 1. The van der Waals surface area contributed by atoms with Gasteiger partial charge in [-0.2, -0.15) is 0 Å². The Bertz CT molecular complexity index is 450. The highest BCUT2D eigenvalue weighted by Crippen LogP contribution is 2.24. The van der Waals surface area contributed by atoms with Crippen LogP contribution in [0, 0.1) is 11.2 Å². The molecule has 0 heterocycles. The summed E-state index contributed by atoms with van der Waals surface area (Å²) >= 11 is 4.89. The van der Waals surface area contributed by atoms with E-state index in [1.54, 1.807) is 13.0 Å². The van der Waals surface area contributed by atoms with E-state index in [-0.39, 0.29) is 10.9 Å². The van der Waals surface area contributed by atoms with Crippen molar-refractivity contribution in [3.8, 4) is 0 Å². The topological polar surface area (TPSA) is 55.1 Å². The van der Waals surface area contributed by atoms with Gasteiger partial charge in [-0.1, -0.05) is 25.2 Å². The third-order valence-electron chi connectivity index (χ3n) is 2.83. The van der Waals surface area contributed by atoms with Crippen LogP contribution in [0.4, 0.5) is 10.1 Å². The average molecular weight is 254 g/mol. The first-order valence-corrected chi connectivity index (χ1v) is 5.68. The minimum absolute atomic E-state index is 0.133. The molecule has 1 amide bonds. The lowest BCUT2D eigenvalue weighted by Gasteiger charge is -2.25. The molecule has 1 unspecified atom stereocenters. The molecule has 0 saturated carbocycles. The van der Waals surface area contributed by atoms with Crippen LogP contribution in [0.25, 0.3) is 0 Å². The van der Waals surface area contributed by atoms with Gasteiger partial charge in [-0.25, -0.2) is 4.39 Å². The van der Waals surface area contributed by atoms with Gasteiger partial charge in [0, 0.05) is 5.69 Å². The highest BCUT2D eigenvalue weighted by Gasteiger charge is 2.34. The summed E-state index contributed by atoms with van der Waals surface area (Å²) in [5, 5.41) is 2.61. The second-order valence-electron chi connectivity index (χ2n) is 4.01. The number of carbonyl (C=O) groups excluding carboxylic acids is 1. The molecule has 1 aromatic carbocycles. The van der Waals surface area contributed by atoms with E-state index in [0.717, 1.165) is 0 Å². The van der Waals surface area contributed by atoms with Crippen LogP contribution in [0.2, 0.25) is 0 Å². The fourth-order valence-corrected chi connectivity index (χ4v) is 1.52. The van der Waals surface area contributed by atoms with E-state index in [1.807, 2.05) is 6.92 Å². The Morgan fingerprint density at radius 1 is 1.59 bits per heavy atom. The van der Waals surface area contributed by atoms with Crippen LogP contribution in [-0.2, 0) is 4.79 Å². The van der Waals surface area contributed by atoms with Crippen LogP contribution in [-0.4, -0.2) is 10.9 Å². The molecule has 0 aliphatic carbocycles. The molecule has 0 aromatic heterocycles. The summed E-state index contributed by atoms with van der Waals surface area (Å²) in [5.41, 5.74) is 5.04. The lowest BCUT2D eigenvalue weighted by molar-refractivity contribution is -0.121. The number of thiocarbonyl (C=S) groups is 1. The van der Waals surface area contributed by atoms with Crippen molar-refractivity contribution in [3.05, 3.63) is 30.1 Å². The number of benzene rings is 1. The summed E-state index contributed by atoms with van der Waals surface area (Å²) < 4.78 is 13.0. The fourth-order valence-electron chi connectivity index (χ4n) is 1.28. The number of amides is 1. The quantitative estimate of drug-likeness (QED) is 0.812. The van der Waals surface area contributed by atoms with Gasteiger partial charge >= 0.3 is 0 Å². The Balaban J connectivity index is 2.89. The molecule has 0 aliphatic heterocycles. The summed E-state index contributed by atoms with van der Waals surface area (Å²) in [7, 11) is 0. The number of nitrogens with one attached hydrogen (secondary N) is 1. The van der Waals surface area contributed by atoms with Gasteiger partial charge in [0.05, 0.1) is 10.4 Å². The molecule has 0 saturated heterocycles. The first kappa shape index (κ1) is 13.6. The van der Waals surface area contributed by atoms with Crippen molar-refractivity contribution in [3.63, 3.8) is 0 Å². The van der Waals surface area contributed by atoms with Crippen LogP contribution >= 0.6 is 12.2 Å². The van der Waals surface area contributed by atoms with Gasteiger partial charge in [-0.3, -0.25) is 4.79 Å². The van der Waals surface area contributed by atoms with Crippen molar-refractivity contribution < 1.29 is 9.18 Å². The lowest BCUT2D eigenvalue weighted by atomic mass is 9.86. The van der Waals surface area contributed by atoms with Gasteiger partial charge in [0.25, 0.3) is 0 Å².